The van der Waals surface area contributed by atoms with Crippen LogP contribution in [0.15, 0.2) is 18.2 Å². The van der Waals surface area contributed by atoms with E-state index in [1.54, 1.807) is 17.9 Å². The van der Waals surface area contributed by atoms with Crippen LogP contribution in [0.3, 0.4) is 0 Å². The first-order valence-electron chi connectivity index (χ1n) is 6.10. The Balaban J connectivity index is 3.15. The molecule has 1 rings (SSSR count). The molecule has 6 heteroatoms. The van der Waals surface area contributed by atoms with Crippen LogP contribution >= 0.6 is 0 Å². The smallest absolute Gasteiger partial charge is 0.323 e. The standard InChI is InChI=1S/C13H18N2O4/c1-4-10(3)14(8-13(16)17)12-6-5-11(15(18)19)7-9(12)2/h5-7,10H,4,8H2,1-3H3,(H,16,17). The number of carboxylic acids is 1. The molecule has 0 bridgehead atoms. The first kappa shape index (κ1) is 14.9. The Morgan fingerprint density at radius 2 is 2.16 bits per heavy atom. The van der Waals surface area contributed by atoms with Crippen LogP contribution in [0.5, 0.6) is 0 Å². The van der Waals surface area contributed by atoms with Gasteiger partial charge in [-0.15, -0.1) is 0 Å². The molecule has 1 aromatic carbocycles. The SMILES string of the molecule is CCC(C)N(CC(=O)O)c1ccc([N+](=O)[O-])cc1C. The Hall–Kier alpha value is -2.11. The molecule has 0 fully saturated rings. The fraction of sp³-hybridized carbons (Fsp3) is 0.462. The maximum absolute atomic E-state index is 10.9. The summed E-state index contributed by atoms with van der Waals surface area (Å²) in [5.74, 6) is -0.918. The Morgan fingerprint density at radius 3 is 2.58 bits per heavy atom. The topological polar surface area (TPSA) is 83.7 Å². The number of anilines is 1. The first-order valence-corrected chi connectivity index (χ1v) is 6.10. The third kappa shape index (κ3) is 3.67. The maximum Gasteiger partial charge on any atom is 0.323 e. The number of rotatable bonds is 6. The second-order valence-corrected chi connectivity index (χ2v) is 4.51. The zero-order valence-corrected chi connectivity index (χ0v) is 11.3. The molecular weight excluding hydrogens is 248 g/mol. The van der Waals surface area contributed by atoms with Crippen LogP contribution in [-0.2, 0) is 4.79 Å². The van der Waals surface area contributed by atoms with Gasteiger partial charge >= 0.3 is 5.97 Å². The van der Waals surface area contributed by atoms with Crippen molar-refractivity contribution in [2.75, 3.05) is 11.4 Å². The minimum Gasteiger partial charge on any atom is -0.480 e. The molecule has 1 unspecified atom stereocenters. The van der Waals surface area contributed by atoms with Crippen molar-refractivity contribution in [3.8, 4) is 0 Å². The Kier molecular flexibility index (Phi) is 4.86. The number of non-ortho nitro benzene ring substituents is 1. The number of benzene rings is 1. The minimum absolute atomic E-state index is 0.0145. The van der Waals surface area contributed by atoms with Crippen LogP contribution in [0.2, 0.25) is 0 Å². The Morgan fingerprint density at radius 1 is 1.53 bits per heavy atom. The summed E-state index contributed by atoms with van der Waals surface area (Å²) in [5, 5.41) is 19.7. The van der Waals surface area contributed by atoms with Crippen molar-refractivity contribution in [1.29, 1.82) is 0 Å². The highest BCUT2D eigenvalue weighted by Gasteiger charge is 2.19. The summed E-state index contributed by atoms with van der Waals surface area (Å²) in [6, 6.07) is 4.53. The van der Waals surface area contributed by atoms with E-state index < -0.39 is 10.9 Å². The summed E-state index contributed by atoms with van der Waals surface area (Å²) in [6.07, 6.45) is 0.795. The quantitative estimate of drug-likeness (QED) is 0.632. The van der Waals surface area contributed by atoms with Crippen molar-refractivity contribution in [1.82, 2.24) is 0 Å². The largest absolute Gasteiger partial charge is 0.480 e. The molecule has 0 radical (unpaired) electrons. The molecule has 104 valence electrons. The van der Waals surface area contributed by atoms with Gasteiger partial charge < -0.3 is 10.0 Å². The molecule has 19 heavy (non-hydrogen) atoms. The van der Waals surface area contributed by atoms with E-state index in [-0.39, 0.29) is 18.3 Å². The number of nitro benzene ring substituents is 1. The Labute approximate surface area is 111 Å². The molecule has 0 heterocycles. The van der Waals surface area contributed by atoms with E-state index in [4.69, 9.17) is 5.11 Å². The lowest BCUT2D eigenvalue weighted by Gasteiger charge is -2.30. The van der Waals surface area contributed by atoms with Crippen molar-refractivity contribution in [3.05, 3.63) is 33.9 Å². The lowest BCUT2D eigenvalue weighted by Crippen LogP contribution is -2.37. The van der Waals surface area contributed by atoms with Crippen LogP contribution < -0.4 is 4.90 Å². The van der Waals surface area contributed by atoms with Gasteiger partial charge in [0.05, 0.1) is 4.92 Å². The number of nitrogens with zero attached hydrogens (tertiary/aromatic N) is 2. The van der Waals surface area contributed by atoms with E-state index in [0.717, 1.165) is 12.1 Å². The summed E-state index contributed by atoms with van der Waals surface area (Å²) >= 11 is 0. The van der Waals surface area contributed by atoms with Gasteiger partial charge in [0, 0.05) is 23.9 Å². The molecule has 0 aromatic heterocycles. The van der Waals surface area contributed by atoms with Crippen molar-refractivity contribution < 1.29 is 14.8 Å². The van der Waals surface area contributed by atoms with Crippen molar-refractivity contribution in [2.24, 2.45) is 0 Å². The molecule has 0 spiro atoms. The van der Waals surface area contributed by atoms with Crippen LogP contribution in [-0.4, -0.2) is 28.6 Å². The van der Waals surface area contributed by atoms with Gasteiger partial charge in [0.1, 0.15) is 6.54 Å². The van der Waals surface area contributed by atoms with Crippen molar-refractivity contribution >= 4 is 17.3 Å². The number of aryl methyl sites for hydroxylation is 1. The fourth-order valence-corrected chi connectivity index (χ4v) is 1.92. The van der Waals surface area contributed by atoms with Crippen LogP contribution in [0.25, 0.3) is 0 Å². The van der Waals surface area contributed by atoms with E-state index in [1.807, 2.05) is 13.8 Å². The van der Waals surface area contributed by atoms with E-state index in [2.05, 4.69) is 0 Å². The normalized spacial score (nSPS) is 11.9. The third-order valence-electron chi connectivity index (χ3n) is 3.13. The summed E-state index contributed by atoms with van der Waals surface area (Å²) in [7, 11) is 0. The maximum atomic E-state index is 10.9. The molecule has 1 atom stereocenters. The van der Waals surface area contributed by atoms with Gasteiger partial charge in [-0.25, -0.2) is 0 Å². The van der Waals surface area contributed by atoms with Gasteiger partial charge in [-0.05, 0) is 31.9 Å². The molecule has 1 aromatic rings. The monoisotopic (exact) mass is 266 g/mol. The third-order valence-corrected chi connectivity index (χ3v) is 3.13. The first-order chi connectivity index (χ1) is 8.86. The minimum atomic E-state index is -0.918. The van der Waals surface area contributed by atoms with Crippen LogP contribution in [0, 0.1) is 17.0 Å². The van der Waals surface area contributed by atoms with E-state index in [9.17, 15) is 14.9 Å². The van der Waals surface area contributed by atoms with E-state index in [1.165, 1.54) is 12.1 Å². The average Bonchev–Trinajstić information content (AvgIpc) is 2.35. The molecule has 6 nitrogen and oxygen atoms in total. The molecule has 1 N–H and O–H groups in total. The molecule has 0 aliphatic rings. The lowest BCUT2D eigenvalue weighted by atomic mass is 10.1. The van der Waals surface area contributed by atoms with Crippen molar-refractivity contribution in [2.45, 2.75) is 33.2 Å². The van der Waals surface area contributed by atoms with Gasteiger partial charge in [0.25, 0.3) is 5.69 Å². The van der Waals surface area contributed by atoms with Crippen molar-refractivity contribution in [3.63, 3.8) is 0 Å². The molecule has 0 aliphatic heterocycles. The molecule has 0 aliphatic carbocycles. The van der Waals surface area contributed by atoms with Gasteiger partial charge in [-0.3, -0.25) is 14.9 Å². The number of carboxylic acid groups (broad SMARTS) is 1. The van der Waals surface area contributed by atoms with E-state index in [0.29, 0.717) is 5.56 Å². The molecule has 0 saturated carbocycles. The number of nitro groups is 1. The van der Waals surface area contributed by atoms with Crippen LogP contribution in [0.1, 0.15) is 25.8 Å². The number of aliphatic carboxylic acids is 1. The van der Waals surface area contributed by atoms with Gasteiger partial charge in [0.15, 0.2) is 0 Å². The summed E-state index contributed by atoms with van der Waals surface area (Å²) < 4.78 is 0. The van der Waals surface area contributed by atoms with Crippen LogP contribution in [0.4, 0.5) is 11.4 Å². The number of carbonyl (C=O) groups is 1. The predicted octanol–water partition coefficient (Wildman–Crippen LogP) is 2.59. The van der Waals surface area contributed by atoms with Gasteiger partial charge in [0.2, 0.25) is 0 Å². The average molecular weight is 266 g/mol. The fourth-order valence-electron chi connectivity index (χ4n) is 1.92. The summed E-state index contributed by atoms with van der Waals surface area (Å²) in [4.78, 5) is 22.9. The summed E-state index contributed by atoms with van der Waals surface area (Å²) in [6.45, 7) is 5.54. The zero-order valence-electron chi connectivity index (χ0n) is 11.3. The Bertz CT molecular complexity index is 488. The van der Waals surface area contributed by atoms with E-state index >= 15 is 0 Å². The second-order valence-electron chi connectivity index (χ2n) is 4.51. The number of hydrogen-bond acceptors (Lipinski definition) is 4. The highest BCUT2D eigenvalue weighted by Crippen LogP contribution is 2.26. The van der Waals surface area contributed by atoms with Gasteiger partial charge in [-0.1, -0.05) is 6.92 Å². The zero-order chi connectivity index (χ0) is 14.6. The van der Waals surface area contributed by atoms with Gasteiger partial charge in [-0.2, -0.15) is 0 Å². The second kappa shape index (κ2) is 6.17. The molecular formula is C13H18N2O4. The predicted molar refractivity (Wildman–Crippen MR) is 72.6 cm³/mol. The molecule has 0 amide bonds. The number of hydrogen-bond donors (Lipinski definition) is 1. The highest BCUT2D eigenvalue weighted by molar-refractivity contribution is 5.75. The highest BCUT2D eigenvalue weighted by atomic mass is 16.6. The summed E-state index contributed by atoms with van der Waals surface area (Å²) in [5.41, 5.74) is 1.44. The molecule has 0 saturated heterocycles. The lowest BCUT2D eigenvalue weighted by molar-refractivity contribution is -0.384.